The van der Waals surface area contributed by atoms with Gasteiger partial charge in [-0.1, -0.05) is 30.3 Å². The summed E-state index contributed by atoms with van der Waals surface area (Å²) >= 11 is 0. The Morgan fingerprint density at radius 3 is 2.21 bits per heavy atom. The monoisotopic (exact) mass is 188 g/mol. The van der Waals surface area contributed by atoms with Crippen LogP contribution < -0.4 is 0 Å². The maximum Gasteiger partial charge on any atom is 0.160 e. The predicted molar refractivity (Wildman–Crippen MR) is 55.3 cm³/mol. The largest absolute Gasteiger partial charge is 0.504 e. The lowest BCUT2D eigenvalue weighted by Gasteiger charge is -1.96. The molecule has 0 unspecified atom stereocenters. The summed E-state index contributed by atoms with van der Waals surface area (Å²) in [5.74, 6) is 1.57. The Morgan fingerprint density at radius 1 is 1.07 bits per heavy atom. The van der Waals surface area contributed by atoms with Crippen LogP contribution in [-0.4, -0.2) is 5.11 Å². The fraction of sp³-hybridized carbons (Fsp3) is 0.167. The summed E-state index contributed by atoms with van der Waals surface area (Å²) < 4.78 is 5.48. The number of rotatable bonds is 1. The lowest BCUT2D eigenvalue weighted by Crippen LogP contribution is -1.75. The highest BCUT2D eigenvalue weighted by Gasteiger charge is 2.13. The van der Waals surface area contributed by atoms with Gasteiger partial charge in [-0.15, -0.1) is 0 Å². The molecule has 0 aliphatic rings. The third-order valence-electron chi connectivity index (χ3n) is 2.32. The van der Waals surface area contributed by atoms with Crippen molar-refractivity contribution in [1.82, 2.24) is 0 Å². The average molecular weight is 188 g/mol. The van der Waals surface area contributed by atoms with Gasteiger partial charge in [0.25, 0.3) is 0 Å². The Kier molecular flexibility index (Phi) is 2.04. The van der Waals surface area contributed by atoms with Crippen molar-refractivity contribution in [3.05, 3.63) is 41.7 Å². The van der Waals surface area contributed by atoms with Crippen LogP contribution in [0.2, 0.25) is 0 Å². The molecule has 0 saturated carbocycles. The molecule has 0 fully saturated rings. The summed E-state index contributed by atoms with van der Waals surface area (Å²) in [4.78, 5) is 0. The van der Waals surface area contributed by atoms with Crippen molar-refractivity contribution in [2.75, 3.05) is 0 Å². The second-order valence-electron chi connectivity index (χ2n) is 3.33. The van der Waals surface area contributed by atoms with E-state index in [4.69, 9.17) is 4.42 Å². The number of hydrogen-bond acceptors (Lipinski definition) is 2. The number of hydrogen-bond donors (Lipinski definition) is 1. The minimum atomic E-state index is 0.254. The van der Waals surface area contributed by atoms with Gasteiger partial charge < -0.3 is 9.52 Å². The summed E-state index contributed by atoms with van der Waals surface area (Å²) in [6.45, 7) is 3.61. The molecule has 1 aromatic heterocycles. The Balaban J connectivity index is 2.58. The molecule has 72 valence electrons. The highest BCUT2D eigenvalue weighted by atomic mass is 16.4. The topological polar surface area (TPSA) is 33.4 Å². The van der Waals surface area contributed by atoms with Crippen molar-refractivity contribution in [2.45, 2.75) is 13.8 Å². The van der Waals surface area contributed by atoms with Crippen LogP contribution in [-0.2, 0) is 0 Å². The van der Waals surface area contributed by atoms with E-state index in [-0.39, 0.29) is 5.75 Å². The van der Waals surface area contributed by atoms with E-state index < -0.39 is 0 Å². The Hall–Kier alpha value is -1.70. The van der Waals surface area contributed by atoms with Gasteiger partial charge in [0.15, 0.2) is 5.75 Å². The molecule has 0 spiro atoms. The van der Waals surface area contributed by atoms with Crippen LogP contribution in [0.4, 0.5) is 0 Å². The van der Waals surface area contributed by atoms with E-state index in [0.29, 0.717) is 5.76 Å². The van der Waals surface area contributed by atoms with Crippen LogP contribution in [0.25, 0.3) is 11.3 Å². The molecular formula is C12H12O2. The van der Waals surface area contributed by atoms with Crippen molar-refractivity contribution in [1.29, 1.82) is 0 Å². The lowest BCUT2D eigenvalue weighted by atomic mass is 10.1. The summed E-state index contributed by atoms with van der Waals surface area (Å²) in [7, 11) is 0. The molecule has 2 aromatic rings. The predicted octanol–water partition coefficient (Wildman–Crippen LogP) is 3.27. The molecular weight excluding hydrogens is 176 g/mol. The molecule has 0 bridgehead atoms. The minimum Gasteiger partial charge on any atom is -0.504 e. The van der Waals surface area contributed by atoms with Gasteiger partial charge in [0.05, 0.1) is 0 Å². The second-order valence-corrected chi connectivity index (χ2v) is 3.33. The zero-order chi connectivity index (χ0) is 10.1. The highest BCUT2D eigenvalue weighted by molar-refractivity contribution is 5.64. The molecule has 1 aromatic carbocycles. The number of aromatic hydroxyl groups is 1. The second kappa shape index (κ2) is 3.22. The SMILES string of the molecule is Cc1oc(-c2ccccc2)c(C)c1O. The first-order chi connectivity index (χ1) is 6.70. The van der Waals surface area contributed by atoms with E-state index in [9.17, 15) is 5.11 Å². The van der Waals surface area contributed by atoms with Crippen molar-refractivity contribution < 1.29 is 9.52 Å². The molecule has 2 nitrogen and oxygen atoms in total. The van der Waals surface area contributed by atoms with Crippen LogP contribution in [0.1, 0.15) is 11.3 Å². The average Bonchev–Trinajstić information content (AvgIpc) is 2.47. The maximum absolute atomic E-state index is 9.59. The minimum absolute atomic E-state index is 0.254. The number of benzene rings is 1. The molecule has 0 aliphatic carbocycles. The van der Waals surface area contributed by atoms with Crippen molar-refractivity contribution >= 4 is 0 Å². The Labute approximate surface area is 82.8 Å². The van der Waals surface area contributed by atoms with Gasteiger partial charge in [-0.25, -0.2) is 0 Å². The molecule has 1 N–H and O–H groups in total. The molecule has 0 amide bonds. The zero-order valence-electron chi connectivity index (χ0n) is 8.24. The van der Waals surface area contributed by atoms with E-state index >= 15 is 0 Å². The third-order valence-corrected chi connectivity index (χ3v) is 2.32. The van der Waals surface area contributed by atoms with E-state index in [1.807, 2.05) is 37.3 Å². The van der Waals surface area contributed by atoms with Crippen LogP contribution in [0, 0.1) is 13.8 Å². The zero-order valence-corrected chi connectivity index (χ0v) is 8.24. The van der Waals surface area contributed by atoms with E-state index in [2.05, 4.69) is 0 Å². The van der Waals surface area contributed by atoms with Gasteiger partial charge in [-0.3, -0.25) is 0 Å². The normalized spacial score (nSPS) is 10.4. The van der Waals surface area contributed by atoms with Crippen molar-refractivity contribution in [3.63, 3.8) is 0 Å². The molecule has 2 heteroatoms. The first-order valence-electron chi connectivity index (χ1n) is 4.54. The first kappa shape index (κ1) is 8.88. The van der Waals surface area contributed by atoms with E-state index in [0.717, 1.165) is 16.9 Å². The summed E-state index contributed by atoms with van der Waals surface area (Å²) in [6, 6.07) is 9.78. The third kappa shape index (κ3) is 1.29. The lowest BCUT2D eigenvalue weighted by molar-refractivity contribution is 0.444. The number of furan rings is 1. The van der Waals surface area contributed by atoms with Crippen LogP contribution in [0.5, 0.6) is 5.75 Å². The molecule has 0 saturated heterocycles. The van der Waals surface area contributed by atoms with Crippen LogP contribution in [0.15, 0.2) is 34.7 Å². The van der Waals surface area contributed by atoms with Gasteiger partial charge in [0.1, 0.15) is 11.5 Å². The molecule has 14 heavy (non-hydrogen) atoms. The van der Waals surface area contributed by atoms with Gasteiger partial charge >= 0.3 is 0 Å². The van der Waals surface area contributed by atoms with Gasteiger partial charge in [-0.05, 0) is 13.8 Å². The quantitative estimate of drug-likeness (QED) is 0.745. The van der Waals surface area contributed by atoms with E-state index in [1.165, 1.54) is 0 Å². The Bertz CT molecular complexity index is 441. The standard InChI is InChI=1S/C12H12O2/c1-8-11(13)9(2)14-12(8)10-6-4-3-5-7-10/h3-7,13H,1-2H3. The molecule has 0 radical (unpaired) electrons. The van der Waals surface area contributed by atoms with Crippen molar-refractivity contribution in [2.24, 2.45) is 0 Å². The van der Waals surface area contributed by atoms with Gasteiger partial charge in [0.2, 0.25) is 0 Å². The fourth-order valence-corrected chi connectivity index (χ4v) is 1.51. The maximum atomic E-state index is 9.59. The molecule has 0 aliphatic heterocycles. The number of aryl methyl sites for hydroxylation is 1. The van der Waals surface area contributed by atoms with Gasteiger partial charge in [-0.2, -0.15) is 0 Å². The Morgan fingerprint density at radius 2 is 1.71 bits per heavy atom. The van der Waals surface area contributed by atoms with Crippen LogP contribution in [0.3, 0.4) is 0 Å². The summed E-state index contributed by atoms with van der Waals surface area (Å²) in [5.41, 5.74) is 1.79. The molecule has 2 rings (SSSR count). The first-order valence-corrected chi connectivity index (χ1v) is 4.54. The highest BCUT2D eigenvalue weighted by Crippen LogP contribution is 2.34. The molecule has 1 heterocycles. The summed E-state index contributed by atoms with van der Waals surface area (Å²) in [5, 5.41) is 9.59. The van der Waals surface area contributed by atoms with Gasteiger partial charge in [0, 0.05) is 11.1 Å². The van der Waals surface area contributed by atoms with Crippen LogP contribution >= 0.6 is 0 Å². The smallest absolute Gasteiger partial charge is 0.160 e. The van der Waals surface area contributed by atoms with Crippen molar-refractivity contribution in [3.8, 4) is 17.1 Å². The van der Waals surface area contributed by atoms with E-state index in [1.54, 1.807) is 6.92 Å². The molecule has 0 atom stereocenters. The fourth-order valence-electron chi connectivity index (χ4n) is 1.51. The summed E-state index contributed by atoms with van der Waals surface area (Å²) in [6.07, 6.45) is 0.